The molecule has 2 rings (SSSR count). The average Bonchev–Trinajstić information content (AvgIpc) is 2.47. The van der Waals surface area contributed by atoms with Crippen molar-refractivity contribution in [2.24, 2.45) is 0 Å². The molecule has 0 bridgehead atoms. The van der Waals surface area contributed by atoms with Gasteiger partial charge in [-0.3, -0.25) is 0 Å². The number of hydrogen-bond acceptors (Lipinski definition) is 4. The van der Waals surface area contributed by atoms with E-state index in [0.29, 0.717) is 3.57 Å². The van der Waals surface area contributed by atoms with Crippen molar-refractivity contribution in [2.45, 2.75) is 18.7 Å². The maximum atomic E-state index is 12.4. The molecule has 7 heteroatoms. The standard InChI is InChI=1S/C15H16INO4S/c1-12-8-10-15(11-9-12)22(19,20)17-16(21-13(2)18)14-6-4-3-5-7-14/h3-11,17H,1-2H3. The molecule has 0 aliphatic rings. The van der Waals surface area contributed by atoms with E-state index in [4.69, 9.17) is 3.07 Å². The normalized spacial score (nSPS) is 11.8. The van der Waals surface area contributed by atoms with Gasteiger partial charge in [-0.1, -0.05) is 0 Å². The van der Waals surface area contributed by atoms with Crippen molar-refractivity contribution in [1.82, 2.24) is 2.94 Å². The molecule has 22 heavy (non-hydrogen) atoms. The third-order valence-corrected chi connectivity index (χ3v) is 9.71. The van der Waals surface area contributed by atoms with Gasteiger partial charge in [0.1, 0.15) is 0 Å². The maximum absolute atomic E-state index is 12.4. The third-order valence-electron chi connectivity index (χ3n) is 2.62. The second kappa shape index (κ2) is 7.21. The Kier molecular flexibility index (Phi) is 5.54. The van der Waals surface area contributed by atoms with Crippen molar-refractivity contribution < 1.29 is 16.3 Å². The molecule has 0 heterocycles. The number of benzene rings is 2. The summed E-state index contributed by atoms with van der Waals surface area (Å²) in [4.78, 5) is 11.4. The molecule has 0 amide bonds. The van der Waals surface area contributed by atoms with Crippen LogP contribution in [0, 0.1) is 10.5 Å². The van der Waals surface area contributed by atoms with Crippen molar-refractivity contribution in [3.05, 3.63) is 63.7 Å². The molecule has 0 saturated heterocycles. The van der Waals surface area contributed by atoms with Gasteiger partial charge in [-0.15, -0.1) is 0 Å². The van der Waals surface area contributed by atoms with Crippen LogP contribution < -0.4 is 2.94 Å². The van der Waals surface area contributed by atoms with Crippen molar-refractivity contribution in [2.75, 3.05) is 0 Å². The monoisotopic (exact) mass is 433 g/mol. The molecule has 0 aromatic heterocycles. The van der Waals surface area contributed by atoms with Gasteiger partial charge in [0.15, 0.2) is 0 Å². The first-order valence-electron chi connectivity index (χ1n) is 6.41. The van der Waals surface area contributed by atoms with Gasteiger partial charge < -0.3 is 0 Å². The van der Waals surface area contributed by atoms with E-state index in [0.717, 1.165) is 5.56 Å². The number of rotatable bonds is 5. The van der Waals surface area contributed by atoms with Crippen LogP contribution in [0.25, 0.3) is 0 Å². The van der Waals surface area contributed by atoms with Gasteiger partial charge in [-0.05, 0) is 0 Å². The number of sulfonamides is 1. The first kappa shape index (κ1) is 16.9. The Morgan fingerprint density at radius 3 is 2.18 bits per heavy atom. The Morgan fingerprint density at radius 1 is 1.05 bits per heavy atom. The zero-order valence-electron chi connectivity index (χ0n) is 12.1. The molecule has 2 aromatic carbocycles. The van der Waals surface area contributed by atoms with E-state index in [1.807, 2.05) is 13.0 Å². The van der Waals surface area contributed by atoms with Crippen LogP contribution in [-0.2, 0) is 17.9 Å². The number of hydrogen-bond donors (Lipinski definition) is 1. The second-order valence-corrected chi connectivity index (χ2v) is 10.6. The van der Waals surface area contributed by atoms with Gasteiger partial charge in [-0.2, -0.15) is 0 Å². The number of carbonyl (C=O) groups excluding carboxylic acids is 1. The summed E-state index contributed by atoms with van der Waals surface area (Å²) in [7, 11) is -3.73. The SMILES string of the molecule is CC(=O)OI(NS(=O)(=O)c1ccc(C)cc1)c1ccccc1. The van der Waals surface area contributed by atoms with Crippen LogP contribution in [0.2, 0.25) is 0 Å². The number of halogens is 1. The fourth-order valence-corrected chi connectivity index (χ4v) is 7.80. The van der Waals surface area contributed by atoms with E-state index < -0.39 is 36.5 Å². The van der Waals surface area contributed by atoms with Crippen LogP contribution in [0.1, 0.15) is 12.5 Å². The number of aryl methyl sites for hydroxylation is 1. The first-order chi connectivity index (χ1) is 10.4. The first-order valence-corrected chi connectivity index (χ1v) is 10.9. The topological polar surface area (TPSA) is 72.5 Å². The van der Waals surface area contributed by atoms with Crippen molar-refractivity contribution >= 4 is 36.5 Å². The Bertz CT molecular complexity index is 745. The zero-order chi connectivity index (χ0) is 16.2. The minimum atomic E-state index is -3.73. The summed E-state index contributed by atoms with van der Waals surface area (Å²) in [6, 6.07) is 15.4. The molecule has 0 fully saturated rings. The van der Waals surface area contributed by atoms with Crippen LogP contribution in [0.3, 0.4) is 0 Å². The van der Waals surface area contributed by atoms with Gasteiger partial charge in [0.05, 0.1) is 0 Å². The van der Waals surface area contributed by atoms with Gasteiger partial charge >= 0.3 is 138 Å². The summed E-state index contributed by atoms with van der Waals surface area (Å²) in [5.74, 6) is -0.499. The summed E-state index contributed by atoms with van der Waals surface area (Å²) < 4.78 is 33.4. The Labute approximate surface area is 138 Å². The van der Waals surface area contributed by atoms with E-state index >= 15 is 0 Å². The van der Waals surface area contributed by atoms with Gasteiger partial charge in [0.2, 0.25) is 0 Å². The molecular formula is C15H16INO4S. The Hall–Kier alpha value is -1.45. The summed E-state index contributed by atoms with van der Waals surface area (Å²) in [6.07, 6.45) is 0. The second-order valence-electron chi connectivity index (χ2n) is 4.51. The van der Waals surface area contributed by atoms with Crippen LogP contribution in [-0.4, -0.2) is 14.4 Å². The summed E-state index contributed by atoms with van der Waals surface area (Å²) in [5, 5.41) is 0. The van der Waals surface area contributed by atoms with Crippen molar-refractivity contribution in [3.63, 3.8) is 0 Å². The van der Waals surface area contributed by atoms with Crippen LogP contribution in [0.15, 0.2) is 59.5 Å². The summed E-state index contributed by atoms with van der Waals surface area (Å²) in [5.41, 5.74) is 0.970. The van der Waals surface area contributed by atoms with Crippen LogP contribution in [0.5, 0.6) is 0 Å². The van der Waals surface area contributed by atoms with Crippen molar-refractivity contribution in [1.29, 1.82) is 0 Å². The molecule has 0 radical (unpaired) electrons. The molecule has 2 aromatic rings. The molecule has 0 unspecified atom stereocenters. The van der Waals surface area contributed by atoms with E-state index in [-0.39, 0.29) is 4.90 Å². The molecule has 1 N–H and O–H groups in total. The van der Waals surface area contributed by atoms with E-state index in [1.54, 1.807) is 36.4 Å². The summed E-state index contributed by atoms with van der Waals surface area (Å²) >= 11 is -2.85. The third kappa shape index (κ3) is 4.52. The quantitative estimate of drug-likeness (QED) is 0.581. The molecule has 0 aliphatic carbocycles. The van der Waals surface area contributed by atoms with Crippen LogP contribution in [0.4, 0.5) is 0 Å². The minimum absolute atomic E-state index is 0.156. The molecule has 5 nitrogen and oxygen atoms in total. The fourth-order valence-electron chi connectivity index (χ4n) is 1.60. The molecule has 0 saturated carbocycles. The van der Waals surface area contributed by atoms with Gasteiger partial charge in [0, 0.05) is 0 Å². The van der Waals surface area contributed by atoms with Gasteiger partial charge in [0.25, 0.3) is 0 Å². The molecule has 0 atom stereocenters. The molecule has 0 spiro atoms. The van der Waals surface area contributed by atoms with Crippen LogP contribution >= 0.6 is 20.5 Å². The van der Waals surface area contributed by atoms with Gasteiger partial charge in [-0.25, -0.2) is 0 Å². The summed E-state index contributed by atoms with van der Waals surface area (Å²) in [6.45, 7) is 3.15. The van der Waals surface area contributed by atoms with E-state index in [9.17, 15) is 13.2 Å². The Morgan fingerprint density at radius 2 is 1.64 bits per heavy atom. The molecular weight excluding hydrogens is 417 g/mol. The Balaban J connectivity index is 2.30. The predicted octanol–water partition coefficient (Wildman–Crippen LogP) is 3.04. The van der Waals surface area contributed by atoms with E-state index in [1.165, 1.54) is 19.1 Å². The molecule has 0 aliphatic heterocycles. The molecule has 118 valence electrons. The number of carbonyl (C=O) groups is 1. The average molecular weight is 433 g/mol. The number of nitrogens with one attached hydrogen (secondary N) is 1. The van der Waals surface area contributed by atoms with Crippen molar-refractivity contribution in [3.8, 4) is 0 Å². The van der Waals surface area contributed by atoms with E-state index in [2.05, 4.69) is 2.94 Å². The predicted molar refractivity (Wildman–Crippen MR) is 92.4 cm³/mol. The zero-order valence-corrected chi connectivity index (χ0v) is 15.1. The fraction of sp³-hybridized carbons (Fsp3) is 0.133.